The Morgan fingerprint density at radius 3 is 2.50 bits per heavy atom. The monoisotopic (exact) mass is 436 g/mol. The minimum Gasteiger partial charge on any atom is -0.337 e. The molecule has 1 fully saturated rings. The van der Waals surface area contributed by atoms with Crippen LogP contribution in [0, 0.1) is 11.8 Å². The van der Waals surface area contributed by atoms with E-state index in [9.17, 15) is 18.0 Å². The summed E-state index contributed by atoms with van der Waals surface area (Å²) in [7, 11) is 0. The van der Waals surface area contributed by atoms with E-state index in [1.807, 2.05) is 13.0 Å². The lowest BCUT2D eigenvalue weighted by atomic mass is 9.92. The number of thiophene rings is 1. The predicted octanol–water partition coefficient (Wildman–Crippen LogP) is 5.16. The highest BCUT2D eigenvalue weighted by atomic mass is 32.1. The first-order valence-corrected chi connectivity index (χ1v) is 10.8. The van der Waals surface area contributed by atoms with E-state index in [0.29, 0.717) is 29.8 Å². The Morgan fingerprint density at radius 1 is 1.20 bits per heavy atom. The van der Waals surface area contributed by atoms with Crippen LogP contribution in [0.25, 0.3) is 16.2 Å². The number of carbonyl (C=O) groups excluding carboxylic acids is 1. The lowest BCUT2D eigenvalue weighted by molar-refractivity contribution is -0.142. The average molecular weight is 437 g/mol. The van der Waals surface area contributed by atoms with E-state index in [4.69, 9.17) is 0 Å². The fourth-order valence-corrected chi connectivity index (χ4v) is 5.01. The van der Waals surface area contributed by atoms with Crippen LogP contribution in [0.15, 0.2) is 24.3 Å². The van der Waals surface area contributed by atoms with Gasteiger partial charge < -0.3 is 4.90 Å². The Kier molecular flexibility index (Phi) is 5.34. The first kappa shape index (κ1) is 20.8. The van der Waals surface area contributed by atoms with E-state index < -0.39 is 11.9 Å². The highest BCUT2D eigenvalue weighted by Gasteiger charge is 2.36. The molecule has 160 valence electrons. The maximum absolute atomic E-state index is 13.8. The number of amides is 1. The standard InChI is InChI=1S/C21H23F3N4OS/c1-4-14-5-6-17(30-14)15-8-18(21(22,23)24)28-19(25-15)9-16(26-28)20(29)27-10-12(2)7-13(3)11-27/h5-6,8-9,12-13H,4,7,10-11H2,1-3H3/t12-,13+. The molecule has 1 aliphatic rings. The van der Waals surface area contributed by atoms with E-state index in [0.717, 1.165) is 28.3 Å². The highest BCUT2D eigenvalue weighted by Crippen LogP contribution is 2.34. The smallest absolute Gasteiger partial charge is 0.337 e. The van der Waals surface area contributed by atoms with Crippen molar-refractivity contribution in [2.24, 2.45) is 11.8 Å². The van der Waals surface area contributed by atoms with Crippen LogP contribution in [-0.4, -0.2) is 38.5 Å². The lowest BCUT2D eigenvalue weighted by Gasteiger charge is -2.34. The lowest BCUT2D eigenvalue weighted by Crippen LogP contribution is -2.42. The topological polar surface area (TPSA) is 50.5 Å². The van der Waals surface area contributed by atoms with Gasteiger partial charge in [-0.3, -0.25) is 4.79 Å². The van der Waals surface area contributed by atoms with Gasteiger partial charge in [0.15, 0.2) is 17.0 Å². The van der Waals surface area contributed by atoms with Gasteiger partial charge in [-0.25, -0.2) is 9.50 Å². The van der Waals surface area contributed by atoms with Crippen molar-refractivity contribution in [1.29, 1.82) is 0 Å². The van der Waals surface area contributed by atoms with Gasteiger partial charge in [-0.2, -0.15) is 18.3 Å². The van der Waals surface area contributed by atoms with Gasteiger partial charge in [0, 0.05) is 24.0 Å². The summed E-state index contributed by atoms with van der Waals surface area (Å²) in [4.78, 5) is 20.8. The van der Waals surface area contributed by atoms with Crippen molar-refractivity contribution >= 4 is 22.9 Å². The zero-order valence-electron chi connectivity index (χ0n) is 17.0. The first-order valence-electron chi connectivity index (χ1n) is 10.0. The molecule has 0 radical (unpaired) electrons. The molecule has 4 heterocycles. The Bertz CT molecular complexity index is 1080. The summed E-state index contributed by atoms with van der Waals surface area (Å²) in [6, 6.07) is 6.04. The number of piperidine rings is 1. The van der Waals surface area contributed by atoms with Crippen molar-refractivity contribution in [2.75, 3.05) is 13.1 Å². The molecule has 5 nitrogen and oxygen atoms in total. The number of halogens is 3. The number of aryl methyl sites for hydroxylation is 1. The molecule has 9 heteroatoms. The summed E-state index contributed by atoms with van der Waals surface area (Å²) in [5.41, 5.74) is -0.688. The van der Waals surface area contributed by atoms with Crippen LogP contribution in [0.4, 0.5) is 13.2 Å². The largest absolute Gasteiger partial charge is 0.433 e. The van der Waals surface area contributed by atoms with E-state index >= 15 is 0 Å². The third-order valence-electron chi connectivity index (χ3n) is 5.36. The second kappa shape index (κ2) is 7.68. The molecule has 0 aromatic carbocycles. The van der Waals surface area contributed by atoms with Gasteiger partial charge in [0.1, 0.15) is 0 Å². The number of aromatic nitrogens is 3. The van der Waals surface area contributed by atoms with E-state index in [-0.39, 0.29) is 22.9 Å². The molecule has 1 amide bonds. The maximum Gasteiger partial charge on any atom is 0.433 e. The fraction of sp³-hybridized carbons (Fsp3) is 0.476. The predicted molar refractivity (Wildman–Crippen MR) is 110 cm³/mol. The summed E-state index contributed by atoms with van der Waals surface area (Å²) in [5.74, 6) is 0.339. The Labute approximate surface area is 176 Å². The van der Waals surface area contributed by atoms with Gasteiger partial charge in [-0.05, 0) is 42.9 Å². The Morgan fingerprint density at radius 2 is 1.90 bits per heavy atom. The number of rotatable bonds is 3. The van der Waals surface area contributed by atoms with Crippen LogP contribution in [-0.2, 0) is 12.6 Å². The van der Waals surface area contributed by atoms with Crippen LogP contribution in [0.5, 0.6) is 0 Å². The zero-order chi connectivity index (χ0) is 21.6. The van der Waals surface area contributed by atoms with Crippen molar-refractivity contribution in [3.8, 4) is 10.6 Å². The van der Waals surface area contributed by atoms with E-state index in [1.165, 1.54) is 17.4 Å². The fourth-order valence-electron chi connectivity index (χ4n) is 4.10. The third kappa shape index (κ3) is 3.95. The molecule has 0 unspecified atom stereocenters. The number of fused-ring (bicyclic) bond motifs is 1. The molecule has 0 spiro atoms. The molecule has 0 aliphatic carbocycles. The summed E-state index contributed by atoms with van der Waals surface area (Å²) < 4.78 is 42.1. The van der Waals surface area contributed by atoms with Crippen LogP contribution in [0.3, 0.4) is 0 Å². The van der Waals surface area contributed by atoms with Gasteiger partial charge in [-0.15, -0.1) is 11.3 Å². The minimum absolute atomic E-state index is 0.00752. The normalized spacial score (nSPS) is 20.1. The molecule has 4 rings (SSSR count). The molecule has 1 saturated heterocycles. The molecule has 0 bridgehead atoms. The number of nitrogens with zero attached hydrogens (tertiary/aromatic N) is 4. The quantitative estimate of drug-likeness (QED) is 0.570. The first-order chi connectivity index (χ1) is 14.2. The third-order valence-corrected chi connectivity index (χ3v) is 6.61. The molecule has 3 aromatic rings. The van der Waals surface area contributed by atoms with Crippen LogP contribution >= 0.6 is 11.3 Å². The molecular formula is C21H23F3N4OS. The molecular weight excluding hydrogens is 413 g/mol. The van der Waals surface area contributed by atoms with Crippen LogP contribution < -0.4 is 0 Å². The van der Waals surface area contributed by atoms with Crippen LogP contribution in [0.1, 0.15) is 48.3 Å². The van der Waals surface area contributed by atoms with Crippen molar-refractivity contribution in [2.45, 2.75) is 39.8 Å². The minimum atomic E-state index is -4.62. The van der Waals surface area contributed by atoms with Crippen LogP contribution in [0.2, 0.25) is 0 Å². The van der Waals surface area contributed by atoms with Gasteiger partial charge in [0.2, 0.25) is 0 Å². The zero-order valence-corrected chi connectivity index (χ0v) is 17.8. The SMILES string of the molecule is CCc1ccc(-c2cc(C(F)(F)F)n3nc(C(=O)N4C[C@H](C)C[C@H](C)C4)cc3n2)s1. The Hall–Kier alpha value is -2.42. The summed E-state index contributed by atoms with van der Waals surface area (Å²) in [6.45, 7) is 7.29. The van der Waals surface area contributed by atoms with E-state index in [2.05, 4.69) is 23.9 Å². The molecule has 30 heavy (non-hydrogen) atoms. The average Bonchev–Trinajstić information content (AvgIpc) is 3.31. The van der Waals surface area contributed by atoms with Crippen molar-refractivity contribution in [1.82, 2.24) is 19.5 Å². The highest BCUT2D eigenvalue weighted by molar-refractivity contribution is 7.15. The summed E-state index contributed by atoms with van der Waals surface area (Å²) in [5, 5.41) is 4.01. The number of alkyl halides is 3. The Balaban J connectivity index is 1.78. The molecule has 0 saturated carbocycles. The number of likely N-dealkylation sites (tertiary alicyclic amines) is 1. The molecule has 2 atom stereocenters. The van der Waals surface area contributed by atoms with Crippen molar-refractivity contribution in [3.63, 3.8) is 0 Å². The van der Waals surface area contributed by atoms with Gasteiger partial charge in [-0.1, -0.05) is 20.8 Å². The van der Waals surface area contributed by atoms with Gasteiger partial charge >= 0.3 is 6.18 Å². The number of hydrogen-bond acceptors (Lipinski definition) is 4. The van der Waals surface area contributed by atoms with E-state index in [1.54, 1.807) is 11.0 Å². The second-order valence-electron chi connectivity index (χ2n) is 8.10. The van der Waals surface area contributed by atoms with Crippen molar-refractivity contribution < 1.29 is 18.0 Å². The molecule has 1 aliphatic heterocycles. The molecule has 3 aromatic heterocycles. The molecule has 0 N–H and O–H groups in total. The van der Waals surface area contributed by atoms with Crippen molar-refractivity contribution in [3.05, 3.63) is 40.5 Å². The number of carbonyl (C=O) groups is 1. The maximum atomic E-state index is 13.8. The number of hydrogen-bond donors (Lipinski definition) is 0. The summed E-state index contributed by atoms with van der Waals surface area (Å²) in [6.07, 6.45) is -2.79. The van der Waals surface area contributed by atoms with Gasteiger partial charge in [0.25, 0.3) is 5.91 Å². The summed E-state index contributed by atoms with van der Waals surface area (Å²) >= 11 is 1.42. The second-order valence-corrected chi connectivity index (χ2v) is 9.27. The van der Waals surface area contributed by atoms with Gasteiger partial charge in [0.05, 0.1) is 10.6 Å².